The summed E-state index contributed by atoms with van der Waals surface area (Å²) in [5.41, 5.74) is 0.227. The minimum atomic E-state index is -0.331. The smallest absolute Gasteiger partial charge is 0.273 e. The van der Waals surface area contributed by atoms with E-state index in [0.717, 1.165) is 4.88 Å². The maximum absolute atomic E-state index is 11.8. The van der Waals surface area contributed by atoms with Crippen LogP contribution in [0.1, 0.15) is 23.8 Å². The van der Waals surface area contributed by atoms with Gasteiger partial charge in [0.15, 0.2) is 11.5 Å². The lowest BCUT2D eigenvalue weighted by Gasteiger charge is -2.11. The SMILES string of the molecule is CCC(CO)NC(=O)c1cc(-c2cccs2)on1. The molecule has 1 unspecified atom stereocenters. The number of carbonyl (C=O) groups is 1. The molecule has 0 bridgehead atoms. The zero-order valence-electron chi connectivity index (χ0n) is 9.92. The van der Waals surface area contributed by atoms with Gasteiger partial charge in [-0.2, -0.15) is 0 Å². The van der Waals surface area contributed by atoms with Gasteiger partial charge in [0.25, 0.3) is 5.91 Å². The predicted molar refractivity (Wildman–Crippen MR) is 68.4 cm³/mol. The normalized spacial score (nSPS) is 12.3. The zero-order valence-corrected chi connectivity index (χ0v) is 10.7. The van der Waals surface area contributed by atoms with Gasteiger partial charge < -0.3 is 14.9 Å². The molecule has 2 aromatic heterocycles. The first-order valence-corrected chi connectivity index (χ1v) is 6.55. The maximum Gasteiger partial charge on any atom is 0.273 e. The highest BCUT2D eigenvalue weighted by Crippen LogP contribution is 2.25. The molecular weight excluding hydrogens is 252 g/mol. The van der Waals surface area contributed by atoms with Gasteiger partial charge in [-0.1, -0.05) is 18.1 Å². The number of rotatable bonds is 5. The first kappa shape index (κ1) is 12.8. The number of carbonyl (C=O) groups excluding carboxylic acids is 1. The van der Waals surface area contributed by atoms with E-state index in [4.69, 9.17) is 9.63 Å². The lowest BCUT2D eigenvalue weighted by molar-refractivity contribution is 0.0906. The van der Waals surface area contributed by atoms with Crippen LogP contribution in [0.25, 0.3) is 10.6 Å². The summed E-state index contributed by atoms with van der Waals surface area (Å²) in [6.07, 6.45) is 0.665. The Kier molecular flexibility index (Phi) is 4.11. The van der Waals surface area contributed by atoms with Gasteiger partial charge in [0.2, 0.25) is 0 Å². The summed E-state index contributed by atoms with van der Waals surface area (Å²) in [5, 5.41) is 17.4. The Morgan fingerprint density at radius 2 is 2.50 bits per heavy atom. The molecule has 96 valence electrons. The van der Waals surface area contributed by atoms with Gasteiger partial charge in [-0.15, -0.1) is 11.3 Å². The van der Waals surface area contributed by atoms with Crippen molar-refractivity contribution in [1.29, 1.82) is 0 Å². The molecule has 0 aliphatic heterocycles. The van der Waals surface area contributed by atoms with Gasteiger partial charge in [-0.05, 0) is 17.9 Å². The molecular formula is C12H14N2O3S. The Morgan fingerprint density at radius 1 is 1.67 bits per heavy atom. The molecule has 0 spiro atoms. The third-order valence-electron chi connectivity index (χ3n) is 2.56. The Hall–Kier alpha value is -1.66. The van der Waals surface area contributed by atoms with E-state index in [-0.39, 0.29) is 24.2 Å². The standard InChI is InChI=1S/C12H14N2O3S/c1-2-8(7-15)13-12(16)9-6-10(17-14-9)11-4-3-5-18-11/h3-6,8,15H,2,7H2,1H3,(H,13,16). The van der Waals surface area contributed by atoms with Crippen LogP contribution in [0.5, 0.6) is 0 Å². The van der Waals surface area contributed by atoms with Gasteiger partial charge in [-0.25, -0.2) is 0 Å². The van der Waals surface area contributed by atoms with E-state index in [0.29, 0.717) is 12.2 Å². The molecule has 0 fully saturated rings. The molecule has 2 rings (SSSR count). The molecule has 0 saturated heterocycles. The Labute approximate surface area is 108 Å². The molecule has 0 aliphatic rings. The maximum atomic E-state index is 11.8. The number of amides is 1. The summed E-state index contributed by atoms with van der Waals surface area (Å²) in [6.45, 7) is 1.80. The Balaban J connectivity index is 2.08. The lowest BCUT2D eigenvalue weighted by atomic mass is 10.2. The van der Waals surface area contributed by atoms with Crippen molar-refractivity contribution in [2.75, 3.05) is 6.61 Å². The minimum Gasteiger partial charge on any atom is -0.394 e. The minimum absolute atomic E-state index is 0.0854. The zero-order chi connectivity index (χ0) is 13.0. The van der Waals surface area contributed by atoms with Crippen molar-refractivity contribution in [3.05, 3.63) is 29.3 Å². The predicted octanol–water partition coefficient (Wildman–Crippen LogP) is 1.90. The highest BCUT2D eigenvalue weighted by atomic mass is 32.1. The molecule has 2 N–H and O–H groups in total. The number of aliphatic hydroxyl groups excluding tert-OH is 1. The van der Waals surface area contributed by atoms with Gasteiger partial charge in [0, 0.05) is 6.07 Å². The van der Waals surface area contributed by atoms with Crippen LogP contribution in [-0.4, -0.2) is 28.8 Å². The van der Waals surface area contributed by atoms with Crippen molar-refractivity contribution >= 4 is 17.2 Å². The van der Waals surface area contributed by atoms with E-state index in [1.165, 1.54) is 11.3 Å². The van der Waals surface area contributed by atoms with Crippen LogP contribution < -0.4 is 5.32 Å². The number of nitrogens with one attached hydrogen (secondary N) is 1. The molecule has 18 heavy (non-hydrogen) atoms. The van der Waals surface area contributed by atoms with E-state index in [2.05, 4.69) is 10.5 Å². The molecule has 5 nitrogen and oxygen atoms in total. The first-order chi connectivity index (χ1) is 8.74. The van der Waals surface area contributed by atoms with Gasteiger partial charge in [0.05, 0.1) is 17.5 Å². The van der Waals surface area contributed by atoms with Crippen molar-refractivity contribution in [2.45, 2.75) is 19.4 Å². The highest BCUT2D eigenvalue weighted by molar-refractivity contribution is 7.13. The summed E-state index contributed by atoms with van der Waals surface area (Å²) in [5.74, 6) is 0.245. The van der Waals surface area contributed by atoms with Crippen LogP contribution in [0.3, 0.4) is 0 Å². The summed E-state index contributed by atoms with van der Waals surface area (Å²) >= 11 is 1.52. The Bertz CT molecular complexity index is 503. The average molecular weight is 266 g/mol. The first-order valence-electron chi connectivity index (χ1n) is 5.67. The second kappa shape index (κ2) is 5.79. The van der Waals surface area contributed by atoms with Crippen molar-refractivity contribution in [3.63, 3.8) is 0 Å². The molecule has 0 radical (unpaired) electrons. The monoisotopic (exact) mass is 266 g/mol. The number of hydrogen-bond acceptors (Lipinski definition) is 5. The van der Waals surface area contributed by atoms with Gasteiger partial charge in [-0.3, -0.25) is 4.79 Å². The lowest BCUT2D eigenvalue weighted by Crippen LogP contribution is -2.37. The van der Waals surface area contributed by atoms with E-state index in [1.54, 1.807) is 6.07 Å². The second-order valence-electron chi connectivity index (χ2n) is 3.81. The summed E-state index contributed by atoms with van der Waals surface area (Å²) < 4.78 is 5.12. The second-order valence-corrected chi connectivity index (χ2v) is 4.76. The molecule has 0 saturated carbocycles. The summed E-state index contributed by atoms with van der Waals surface area (Å²) in [6, 6.07) is 5.15. The largest absolute Gasteiger partial charge is 0.394 e. The molecule has 0 aromatic carbocycles. The van der Waals surface area contributed by atoms with Crippen LogP contribution >= 0.6 is 11.3 Å². The third kappa shape index (κ3) is 2.77. The molecule has 1 atom stereocenters. The van der Waals surface area contributed by atoms with Gasteiger partial charge >= 0.3 is 0 Å². The number of nitrogens with zero attached hydrogens (tertiary/aromatic N) is 1. The summed E-state index contributed by atoms with van der Waals surface area (Å²) in [7, 11) is 0. The topological polar surface area (TPSA) is 75.4 Å². The fourth-order valence-electron chi connectivity index (χ4n) is 1.45. The highest BCUT2D eigenvalue weighted by Gasteiger charge is 2.16. The molecule has 2 aromatic rings. The van der Waals surface area contributed by atoms with E-state index < -0.39 is 0 Å². The fourth-order valence-corrected chi connectivity index (χ4v) is 2.13. The van der Waals surface area contributed by atoms with Crippen LogP contribution in [0.2, 0.25) is 0 Å². The van der Waals surface area contributed by atoms with Crippen molar-refractivity contribution in [3.8, 4) is 10.6 Å². The Morgan fingerprint density at radius 3 is 3.11 bits per heavy atom. The molecule has 2 heterocycles. The van der Waals surface area contributed by atoms with E-state index >= 15 is 0 Å². The third-order valence-corrected chi connectivity index (χ3v) is 3.44. The molecule has 1 amide bonds. The number of thiophene rings is 1. The van der Waals surface area contributed by atoms with Crippen molar-refractivity contribution in [2.24, 2.45) is 0 Å². The van der Waals surface area contributed by atoms with Crippen LogP contribution in [-0.2, 0) is 0 Å². The average Bonchev–Trinajstić information content (AvgIpc) is 3.04. The molecule has 6 heteroatoms. The van der Waals surface area contributed by atoms with E-state index in [9.17, 15) is 4.79 Å². The quantitative estimate of drug-likeness (QED) is 0.866. The van der Waals surface area contributed by atoms with Crippen LogP contribution in [0, 0.1) is 0 Å². The van der Waals surface area contributed by atoms with Gasteiger partial charge in [0.1, 0.15) is 0 Å². The van der Waals surface area contributed by atoms with Crippen molar-refractivity contribution < 1.29 is 14.4 Å². The molecule has 0 aliphatic carbocycles. The van der Waals surface area contributed by atoms with E-state index in [1.807, 2.05) is 24.4 Å². The summed E-state index contributed by atoms with van der Waals surface area (Å²) in [4.78, 5) is 12.7. The van der Waals surface area contributed by atoms with Crippen molar-refractivity contribution in [1.82, 2.24) is 10.5 Å². The van der Waals surface area contributed by atoms with Crippen LogP contribution in [0.15, 0.2) is 28.1 Å². The fraction of sp³-hybridized carbons (Fsp3) is 0.333. The number of hydrogen-bond donors (Lipinski definition) is 2. The number of aromatic nitrogens is 1. The number of aliphatic hydroxyl groups is 1. The van der Waals surface area contributed by atoms with Crippen LogP contribution in [0.4, 0.5) is 0 Å².